The van der Waals surface area contributed by atoms with Gasteiger partial charge < -0.3 is 4.90 Å². The second kappa shape index (κ2) is 4.36. The Balaban J connectivity index is 1.92. The van der Waals surface area contributed by atoms with Crippen molar-refractivity contribution >= 4 is 17.2 Å². The van der Waals surface area contributed by atoms with Gasteiger partial charge in [-0.25, -0.2) is 9.78 Å². The average molecular weight is 245 g/mol. The number of rotatable bonds is 0. The van der Waals surface area contributed by atoms with E-state index in [1.54, 1.807) is 18.3 Å². The van der Waals surface area contributed by atoms with Crippen molar-refractivity contribution in [3.63, 3.8) is 0 Å². The molecule has 1 saturated heterocycles. The SMILES string of the molecule is CC1CCCN(C(=O)n2nnc3cccnc32)C1. The topological polar surface area (TPSA) is 63.9 Å². The van der Waals surface area contributed by atoms with Crippen molar-refractivity contribution in [1.82, 2.24) is 24.9 Å². The maximum absolute atomic E-state index is 12.4. The Morgan fingerprint density at radius 1 is 1.50 bits per heavy atom. The van der Waals surface area contributed by atoms with Gasteiger partial charge in [-0.15, -0.1) is 9.78 Å². The van der Waals surface area contributed by atoms with E-state index in [2.05, 4.69) is 22.2 Å². The van der Waals surface area contributed by atoms with Gasteiger partial charge in [0.2, 0.25) is 0 Å². The molecule has 1 fully saturated rings. The van der Waals surface area contributed by atoms with E-state index in [1.807, 2.05) is 4.90 Å². The second-order valence-electron chi connectivity index (χ2n) is 4.82. The van der Waals surface area contributed by atoms with Gasteiger partial charge in [0.1, 0.15) is 5.52 Å². The zero-order valence-electron chi connectivity index (χ0n) is 10.3. The van der Waals surface area contributed by atoms with Crippen LogP contribution in [0.4, 0.5) is 4.79 Å². The van der Waals surface area contributed by atoms with Gasteiger partial charge in [0.15, 0.2) is 5.65 Å². The average Bonchev–Trinajstić information content (AvgIpc) is 2.82. The van der Waals surface area contributed by atoms with Crippen LogP contribution in [0.2, 0.25) is 0 Å². The Kier molecular flexibility index (Phi) is 2.70. The van der Waals surface area contributed by atoms with E-state index in [0.29, 0.717) is 17.1 Å². The molecule has 1 aliphatic rings. The molecule has 0 aromatic carbocycles. The molecule has 0 bridgehead atoms. The Labute approximate surface area is 105 Å². The number of carbonyl (C=O) groups is 1. The van der Waals surface area contributed by atoms with Crippen LogP contribution in [-0.2, 0) is 0 Å². The van der Waals surface area contributed by atoms with Crippen LogP contribution in [0, 0.1) is 5.92 Å². The van der Waals surface area contributed by atoms with Crippen LogP contribution in [0.25, 0.3) is 11.2 Å². The predicted octanol–water partition coefficient (Wildman–Crippen LogP) is 1.53. The van der Waals surface area contributed by atoms with Crippen LogP contribution in [-0.4, -0.2) is 44.0 Å². The third kappa shape index (κ3) is 1.83. The number of aromatic nitrogens is 4. The van der Waals surface area contributed by atoms with E-state index >= 15 is 0 Å². The van der Waals surface area contributed by atoms with Crippen molar-refractivity contribution < 1.29 is 4.79 Å². The molecular formula is C12H15N5O. The molecule has 94 valence electrons. The third-order valence-electron chi connectivity index (χ3n) is 3.32. The number of hydrogen-bond donors (Lipinski definition) is 0. The molecule has 1 aliphatic heterocycles. The van der Waals surface area contributed by atoms with Crippen LogP contribution >= 0.6 is 0 Å². The largest absolute Gasteiger partial charge is 0.348 e. The van der Waals surface area contributed by atoms with Gasteiger partial charge in [0, 0.05) is 19.3 Å². The predicted molar refractivity (Wildman–Crippen MR) is 66.1 cm³/mol. The zero-order chi connectivity index (χ0) is 12.5. The van der Waals surface area contributed by atoms with Crippen molar-refractivity contribution in [3.8, 4) is 0 Å². The molecule has 0 radical (unpaired) electrons. The van der Waals surface area contributed by atoms with Gasteiger partial charge in [0.05, 0.1) is 0 Å². The molecule has 6 heteroatoms. The summed E-state index contributed by atoms with van der Waals surface area (Å²) in [6.07, 6.45) is 3.88. The third-order valence-corrected chi connectivity index (χ3v) is 3.32. The van der Waals surface area contributed by atoms with Gasteiger partial charge in [-0.2, -0.15) is 0 Å². The lowest BCUT2D eigenvalue weighted by Crippen LogP contribution is -2.41. The van der Waals surface area contributed by atoms with Crippen molar-refractivity contribution in [2.24, 2.45) is 5.92 Å². The van der Waals surface area contributed by atoms with Crippen LogP contribution in [0.15, 0.2) is 18.3 Å². The maximum Gasteiger partial charge on any atom is 0.348 e. The Morgan fingerprint density at radius 2 is 2.39 bits per heavy atom. The van der Waals surface area contributed by atoms with E-state index in [9.17, 15) is 4.79 Å². The summed E-state index contributed by atoms with van der Waals surface area (Å²) in [5.74, 6) is 0.547. The molecule has 2 aromatic heterocycles. The Morgan fingerprint density at radius 3 is 3.22 bits per heavy atom. The van der Waals surface area contributed by atoms with Crippen LogP contribution in [0.5, 0.6) is 0 Å². The zero-order valence-corrected chi connectivity index (χ0v) is 10.3. The molecular weight excluding hydrogens is 230 g/mol. The molecule has 2 aromatic rings. The van der Waals surface area contributed by atoms with E-state index in [0.717, 1.165) is 19.5 Å². The van der Waals surface area contributed by atoms with Crippen LogP contribution in [0.1, 0.15) is 19.8 Å². The number of carbonyl (C=O) groups excluding carboxylic acids is 1. The highest BCUT2D eigenvalue weighted by atomic mass is 16.2. The van der Waals surface area contributed by atoms with E-state index < -0.39 is 0 Å². The fourth-order valence-electron chi connectivity index (χ4n) is 2.39. The van der Waals surface area contributed by atoms with E-state index in [-0.39, 0.29) is 6.03 Å². The van der Waals surface area contributed by atoms with Crippen molar-refractivity contribution in [2.45, 2.75) is 19.8 Å². The summed E-state index contributed by atoms with van der Waals surface area (Å²) in [5, 5.41) is 7.86. The van der Waals surface area contributed by atoms with Gasteiger partial charge in [-0.1, -0.05) is 12.1 Å². The number of nitrogens with zero attached hydrogens (tertiary/aromatic N) is 5. The van der Waals surface area contributed by atoms with E-state index in [4.69, 9.17) is 0 Å². The monoisotopic (exact) mass is 245 g/mol. The quantitative estimate of drug-likeness (QED) is 0.706. The fourth-order valence-corrected chi connectivity index (χ4v) is 2.39. The highest BCUT2D eigenvalue weighted by Gasteiger charge is 2.24. The molecule has 1 amide bonds. The standard InChI is InChI=1S/C12H15N5O/c1-9-4-3-7-16(8-9)12(18)17-11-10(14-15-17)5-2-6-13-11/h2,5-6,9H,3-4,7-8H2,1H3. The number of amides is 1. The molecule has 0 aliphatic carbocycles. The molecule has 1 atom stereocenters. The normalized spacial score (nSPS) is 20.3. The first-order valence-electron chi connectivity index (χ1n) is 6.21. The molecule has 18 heavy (non-hydrogen) atoms. The molecule has 0 spiro atoms. The Hall–Kier alpha value is -1.98. The van der Waals surface area contributed by atoms with Crippen molar-refractivity contribution in [2.75, 3.05) is 13.1 Å². The van der Waals surface area contributed by atoms with Gasteiger partial charge in [-0.3, -0.25) is 0 Å². The maximum atomic E-state index is 12.4. The summed E-state index contributed by atoms with van der Waals surface area (Å²) >= 11 is 0. The summed E-state index contributed by atoms with van der Waals surface area (Å²) in [4.78, 5) is 18.4. The first-order chi connectivity index (χ1) is 8.75. The summed E-state index contributed by atoms with van der Waals surface area (Å²) in [6, 6.07) is 3.47. The minimum Gasteiger partial charge on any atom is -0.322 e. The molecule has 3 rings (SSSR count). The molecule has 1 unspecified atom stereocenters. The summed E-state index contributed by atoms with van der Waals surface area (Å²) in [7, 11) is 0. The lowest BCUT2D eigenvalue weighted by atomic mass is 10.0. The van der Waals surface area contributed by atoms with Gasteiger partial charge in [0.25, 0.3) is 0 Å². The number of piperidine rings is 1. The number of fused-ring (bicyclic) bond motifs is 1. The first kappa shape index (κ1) is 11.1. The number of likely N-dealkylation sites (tertiary alicyclic amines) is 1. The van der Waals surface area contributed by atoms with Gasteiger partial charge >= 0.3 is 6.03 Å². The minimum atomic E-state index is -0.122. The Bertz CT molecular complexity index is 579. The van der Waals surface area contributed by atoms with Gasteiger partial charge in [-0.05, 0) is 30.9 Å². The second-order valence-corrected chi connectivity index (χ2v) is 4.82. The molecule has 0 N–H and O–H groups in total. The van der Waals surface area contributed by atoms with Crippen LogP contribution < -0.4 is 0 Å². The highest BCUT2D eigenvalue weighted by molar-refractivity contribution is 5.85. The molecule has 0 saturated carbocycles. The lowest BCUT2D eigenvalue weighted by molar-refractivity contribution is 0.169. The number of hydrogen-bond acceptors (Lipinski definition) is 4. The van der Waals surface area contributed by atoms with Crippen molar-refractivity contribution in [3.05, 3.63) is 18.3 Å². The number of pyridine rings is 1. The molecule has 3 heterocycles. The minimum absolute atomic E-state index is 0.122. The lowest BCUT2D eigenvalue weighted by Gasteiger charge is -2.30. The smallest absolute Gasteiger partial charge is 0.322 e. The fraction of sp³-hybridized carbons (Fsp3) is 0.500. The summed E-state index contributed by atoms with van der Waals surface area (Å²) in [5.41, 5.74) is 1.18. The highest BCUT2D eigenvalue weighted by Crippen LogP contribution is 2.17. The van der Waals surface area contributed by atoms with Crippen LogP contribution in [0.3, 0.4) is 0 Å². The van der Waals surface area contributed by atoms with E-state index in [1.165, 1.54) is 11.1 Å². The summed E-state index contributed by atoms with van der Waals surface area (Å²) in [6.45, 7) is 3.74. The first-order valence-corrected chi connectivity index (χ1v) is 6.21. The van der Waals surface area contributed by atoms with Crippen molar-refractivity contribution in [1.29, 1.82) is 0 Å². The summed E-state index contributed by atoms with van der Waals surface area (Å²) < 4.78 is 1.30. The molecule has 6 nitrogen and oxygen atoms in total.